The van der Waals surface area contributed by atoms with Crippen molar-refractivity contribution in [2.45, 2.75) is 27.7 Å². The molecule has 0 unspecified atom stereocenters. The Labute approximate surface area is 126 Å². The Hall–Kier alpha value is -2.29. The summed E-state index contributed by atoms with van der Waals surface area (Å²) in [4.78, 5) is 12.0. The highest BCUT2D eigenvalue weighted by atomic mass is 16.5. The molecule has 0 aliphatic carbocycles. The smallest absolute Gasteiger partial charge is 0.262 e. The third kappa shape index (κ3) is 3.85. The van der Waals surface area contributed by atoms with Crippen molar-refractivity contribution in [3.8, 4) is 5.75 Å². The van der Waals surface area contributed by atoms with Gasteiger partial charge < -0.3 is 10.1 Å². The van der Waals surface area contributed by atoms with Gasteiger partial charge in [0.25, 0.3) is 5.91 Å². The molecule has 0 bridgehead atoms. The predicted molar refractivity (Wildman–Crippen MR) is 86.0 cm³/mol. The van der Waals surface area contributed by atoms with Crippen LogP contribution in [0.15, 0.2) is 36.4 Å². The van der Waals surface area contributed by atoms with Crippen LogP contribution in [0.4, 0.5) is 5.69 Å². The van der Waals surface area contributed by atoms with Gasteiger partial charge in [-0.1, -0.05) is 24.3 Å². The van der Waals surface area contributed by atoms with Crippen molar-refractivity contribution in [1.29, 1.82) is 0 Å². The van der Waals surface area contributed by atoms with Gasteiger partial charge in [0.15, 0.2) is 6.61 Å². The van der Waals surface area contributed by atoms with Gasteiger partial charge in [-0.15, -0.1) is 0 Å². The number of amides is 1. The zero-order chi connectivity index (χ0) is 15.4. The number of anilines is 1. The molecular formula is C18H21NO2. The van der Waals surface area contributed by atoms with Crippen LogP contribution < -0.4 is 10.1 Å². The van der Waals surface area contributed by atoms with E-state index >= 15 is 0 Å². The van der Waals surface area contributed by atoms with Crippen molar-refractivity contribution >= 4 is 11.6 Å². The molecule has 0 saturated carbocycles. The zero-order valence-corrected chi connectivity index (χ0v) is 13.0. The quantitative estimate of drug-likeness (QED) is 0.923. The molecule has 3 nitrogen and oxygen atoms in total. The maximum atomic E-state index is 12.0. The van der Waals surface area contributed by atoms with Crippen molar-refractivity contribution in [1.82, 2.24) is 0 Å². The Morgan fingerprint density at radius 2 is 1.62 bits per heavy atom. The lowest BCUT2D eigenvalue weighted by Crippen LogP contribution is -2.20. The topological polar surface area (TPSA) is 38.3 Å². The molecule has 110 valence electrons. The molecule has 0 spiro atoms. The first-order valence-electron chi connectivity index (χ1n) is 7.03. The number of rotatable bonds is 4. The van der Waals surface area contributed by atoms with Crippen molar-refractivity contribution < 1.29 is 9.53 Å². The van der Waals surface area contributed by atoms with E-state index in [2.05, 4.69) is 18.3 Å². The number of para-hydroxylation sites is 1. The summed E-state index contributed by atoms with van der Waals surface area (Å²) in [7, 11) is 0. The summed E-state index contributed by atoms with van der Waals surface area (Å²) < 4.78 is 5.63. The van der Waals surface area contributed by atoms with Crippen LogP contribution in [-0.4, -0.2) is 12.5 Å². The van der Waals surface area contributed by atoms with E-state index in [0.717, 1.165) is 28.1 Å². The van der Waals surface area contributed by atoms with Gasteiger partial charge in [0.1, 0.15) is 5.75 Å². The summed E-state index contributed by atoms with van der Waals surface area (Å²) >= 11 is 0. The van der Waals surface area contributed by atoms with E-state index in [1.807, 2.05) is 51.1 Å². The number of aryl methyl sites for hydroxylation is 4. The van der Waals surface area contributed by atoms with E-state index < -0.39 is 0 Å². The van der Waals surface area contributed by atoms with Gasteiger partial charge in [-0.05, 0) is 62.1 Å². The zero-order valence-electron chi connectivity index (χ0n) is 13.0. The van der Waals surface area contributed by atoms with Crippen LogP contribution in [0.5, 0.6) is 5.75 Å². The minimum Gasteiger partial charge on any atom is -0.483 e. The molecule has 0 aliphatic rings. The van der Waals surface area contributed by atoms with Crippen LogP contribution in [-0.2, 0) is 4.79 Å². The lowest BCUT2D eigenvalue weighted by atomic mass is 10.1. The molecule has 2 aromatic rings. The minimum absolute atomic E-state index is 0.0116. The molecule has 0 aromatic heterocycles. The largest absolute Gasteiger partial charge is 0.483 e. The summed E-state index contributed by atoms with van der Waals surface area (Å²) in [5.74, 6) is 0.611. The maximum Gasteiger partial charge on any atom is 0.262 e. The highest BCUT2D eigenvalue weighted by Gasteiger charge is 2.08. The van der Waals surface area contributed by atoms with Gasteiger partial charge in [0.2, 0.25) is 0 Å². The van der Waals surface area contributed by atoms with E-state index in [-0.39, 0.29) is 12.5 Å². The van der Waals surface area contributed by atoms with Gasteiger partial charge in [0.05, 0.1) is 0 Å². The summed E-state index contributed by atoms with van der Waals surface area (Å²) in [5.41, 5.74) is 5.29. The molecule has 2 rings (SSSR count). The van der Waals surface area contributed by atoms with E-state index in [1.165, 1.54) is 5.56 Å². The molecule has 1 N–H and O–H groups in total. The third-order valence-corrected chi connectivity index (χ3v) is 3.57. The van der Waals surface area contributed by atoms with E-state index in [0.29, 0.717) is 0 Å². The average Bonchev–Trinajstić information content (AvgIpc) is 2.44. The maximum absolute atomic E-state index is 12.0. The van der Waals surface area contributed by atoms with Gasteiger partial charge in [0, 0.05) is 5.69 Å². The summed E-state index contributed by atoms with van der Waals surface area (Å²) in [6.45, 7) is 8.06. The van der Waals surface area contributed by atoms with Crippen molar-refractivity contribution in [3.63, 3.8) is 0 Å². The van der Waals surface area contributed by atoms with Crippen LogP contribution in [0.3, 0.4) is 0 Å². The molecular weight excluding hydrogens is 262 g/mol. The molecule has 0 aliphatic heterocycles. The van der Waals surface area contributed by atoms with E-state index in [4.69, 9.17) is 4.74 Å². The first-order chi connectivity index (χ1) is 9.97. The van der Waals surface area contributed by atoms with Crippen molar-refractivity contribution in [2.75, 3.05) is 11.9 Å². The number of carbonyl (C=O) groups excluding carboxylic acids is 1. The number of ether oxygens (including phenoxy) is 1. The predicted octanol–water partition coefficient (Wildman–Crippen LogP) is 3.94. The SMILES string of the molecule is Cc1cc(C)c(OCC(=O)Nc2ccccc2C)cc1C. The molecule has 0 fully saturated rings. The normalized spacial score (nSPS) is 10.3. The third-order valence-electron chi connectivity index (χ3n) is 3.57. The lowest BCUT2D eigenvalue weighted by Gasteiger charge is -2.12. The number of benzene rings is 2. The van der Waals surface area contributed by atoms with Crippen molar-refractivity contribution in [2.24, 2.45) is 0 Å². The van der Waals surface area contributed by atoms with Crippen molar-refractivity contribution in [3.05, 3.63) is 58.7 Å². The van der Waals surface area contributed by atoms with E-state index in [9.17, 15) is 4.79 Å². The molecule has 0 saturated heterocycles. The van der Waals surface area contributed by atoms with Crippen LogP contribution in [0.25, 0.3) is 0 Å². The van der Waals surface area contributed by atoms with Crippen LogP contribution in [0, 0.1) is 27.7 Å². The Kier molecular flexibility index (Phi) is 4.63. The summed E-state index contributed by atoms with van der Waals surface area (Å²) in [5, 5.41) is 2.86. The molecule has 0 heterocycles. The Balaban J connectivity index is 1.99. The molecule has 3 heteroatoms. The number of hydrogen-bond donors (Lipinski definition) is 1. The van der Waals surface area contributed by atoms with Gasteiger partial charge in [-0.25, -0.2) is 0 Å². The molecule has 2 aromatic carbocycles. The molecule has 1 amide bonds. The van der Waals surface area contributed by atoms with Crippen LogP contribution in [0.2, 0.25) is 0 Å². The Morgan fingerprint density at radius 1 is 0.952 bits per heavy atom. The average molecular weight is 283 g/mol. The second kappa shape index (κ2) is 6.44. The first kappa shape index (κ1) is 15.1. The highest BCUT2D eigenvalue weighted by molar-refractivity contribution is 5.92. The fraction of sp³-hybridized carbons (Fsp3) is 0.278. The Morgan fingerprint density at radius 3 is 2.33 bits per heavy atom. The van der Waals surface area contributed by atoms with Crippen LogP contribution in [0.1, 0.15) is 22.3 Å². The van der Waals surface area contributed by atoms with Gasteiger partial charge in [-0.2, -0.15) is 0 Å². The standard InChI is InChI=1S/C18H21NO2/c1-12-7-5-6-8-16(12)19-18(20)11-21-17-10-14(3)13(2)9-15(17)4/h5-10H,11H2,1-4H3,(H,19,20). The number of carbonyl (C=O) groups is 1. The van der Waals surface area contributed by atoms with Crippen LogP contribution >= 0.6 is 0 Å². The first-order valence-corrected chi connectivity index (χ1v) is 7.03. The van der Waals surface area contributed by atoms with Gasteiger partial charge >= 0.3 is 0 Å². The van der Waals surface area contributed by atoms with E-state index in [1.54, 1.807) is 0 Å². The second-order valence-corrected chi connectivity index (χ2v) is 5.35. The summed E-state index contributed by atoms with van der Waals surface area (Å²) in [6.07, 6.45) is 0. The number of hydrogen-bond acceptors (Lipinski definition) is 2. The second-order valence-electron chi connectivity index (χ2n) is 5.35. The summed E-state index contributed by atoms with van der Waals surface area (Å²) in [6, 6.07) is 11.7. The molecule has 21 heavy (non-hydrogen) atoms. The monoisotopic (exact) mass is 283 g/mol. The molecule has 0 radical (unpaired) electrons. The molecule has 0 atom stereocenters. The lowest BCUT2D eigenvalue weighted by molar-refractivity contribution is -0.118. The van der Waals surface area contributed by atoms with Gasteiger partial charge in [-0.3, -0.25) is 4.79 Å². The minimum atomic E-state index is -0.151. The fourth-order valence-corrected chi connectivity index (χ4v) is 2.13. The fourth-order valence-electron chi connectivity index (χ4n) is 2.13. The highest BCUT2D eigenvalue weighted by Crippen LogP contribution is 2.22. The number of nitrogens with one attached hydrogen (secondary N) is 1. The Bertz CT molecular complexity index is 662.